The van der Waals surface area contributed by atoms with Gasteiger partial charge in [0.05, 0.1) is 13.3 Å². The first-order valence-electron chi connectivity index (χ1n) is 8.11. The molecular weight excluding hydrogens is 290 g/mol. The lowest BCUT2D eigenvalue weighted by atomic mass is 9.87. The van der Waals surface area contributed by atoms with Crippen molar-refractivity contribution in [2.75, 3.05) is 13.7 Å². The fraction of sp³-hybridized carbons (Fsp3) is 0.500. The van der Waals surface area contributed by atoms with E-state index in [-0.39, 0.29) is 6.04 Å². The quantitative estimate of drug-likeness (QED) is 0.889. The Morgan fingerprint density at radius 3 is 3.00 bits per heavy atom. The van der Waals surface area contributed by atoms with Gasteiger partial charge in [-0.2, -0.15) is 5.10 Å². The molecule has 2 atom stereocenters. The lowest BCUT2D eigenvalue weighted by Gasteiger charge is -2.30. The maximum Gasteiger partial charge on any atom is 0.119 e. The Kier molecular flexibility index (Phi) is 4.41. The summed E-state index contributed by atoms with van der Waals surface area (Å²) in [6, 6.07) is 6.55. The van der Waals surface area contributed by atoms with Crippen molar-refractivity contribution in [3.63, 3.8) is 0 Å². The van der Waals surface area contributed by atoms with Gasteiger partial charge in [-0.1, -0.05) is 6.07 Å². The molecule has 1 aromatic heterocycles. The van der Waals surface area contributed by atoms with E-state index >= 15 is 0 Å². The van der Waals surface area contributed by atoms with Crippen molar-refractivity contribution in [2.45, 2.75) is 37.8 Å². The van der Waals surface area contributed by atoms with Gasteiger partial charge in [0.2, 0.25) is 0 Å². The molecule has 0 radical (unpaired) electrons. The van der Waals surface area contributed by atoms with Gasteiger partial charge < -0.3 is 15.2 Å². The number of rotatable bonds is 5. The average molecular weight is 315 g/mol. The van der Waals surface area contributed by atoms with Gasteiger partial charge in [-0.25, -0.2) is 0 Å². The van der Waals surface area contributed by atoms with E-state index in [9.17, 15) is 5.11 Å². The van der Waals surface area contributed by atoms with Crippen molar-refractivity contribution in [1.82, 2.24) is 15.1 Å². The molecule has 124 valence electrons. The second kappa shape index (κ2) is 6.34. The van der Waals surface area contributed by atoms with Crippen LogP contribution in [0.5, 0.6) is 5.75 Å². The predicted octanol–water partition coefficient (Wildman–Crippen LogP) is 2.30. The van der Waals surface area contributed by atoms with Crippen LogP contribution in [0.2, 0.25) is 0 Å². The Bertz CT molecular complexity index is 679. The number of benzene rings is 1. The largest absolute Gasteiger partial charge is 0.497 e. The van der Waals surface area contributed by atoms with Gasteiger partial charge in [0, 0.05) is 31.4 Å². The van der Waals surface area contributed by atoms with Gasteiger partial charge in [0.15, 0.2) is 0 Å². The minimum Gasteiger partial charge on any atom is -0.497 e. The van der Waals surface area contributed by atoms with Crippen molar-refractivity contribution < 1.29 is 9.84 Å². The van der Waals surface area contributed by atoms with E-state index in [0.717, 1.165) is 30.6 Å². The highest BCUT2D eigenvalue weighted by Crippen LogP contribution is 2.32. The second-order valence-electron chi connectivity index (χ2n) is 6.57. The molecule has 0 bridgehead atoms. The van der Waals surface area contributed by atoms with Crippen molar-refractivity contribution in [3.05, 3.63) is 47.3 Å². The standard InChI is InChI=1S/C18H25N3O2/c1-18(22,14-10-20-21(2)11-14)12-19-17-6-4-5-13-9-15(23-3)7-8-16(13)17/h7-11,17,19,22H,4-6,12H2,1-3H3. The monoisotopic (exact) mass is 315 g/mol. The van der Waals surface area contributed by atoms with Crippen LogP contribution in [0.1, 0.15) is 42.5 Å². The molecule has 1 aliphatic rings. The summed E-state index contributed by atoms with van der Waals surface area (Å²) in [5.41, 5.74) is 2.56. The van der Waals surface area contributed by atoms with Crippen molar-refractivity contribution in [1.29, 1.82) is 0 Å². The summed E-state index contributed by atoms with van der Waals surface area (Å²) < 4.78 is 7.03. The van der Waals surface area contributed by atoms with Crippen LogP contribution >= 0.6 is 0 Å². The molecule has 23 heavy (non-hydrogen) atoms. The maximum absolute atomic E-state index is 10.7. The molecule has 0 amide bonds. The zero-order valence-corrected chi connectivity index (χ0v) is 14.0. The molecule has 5 nitrogen and oxygen atoms in total. The lowest BCUT2D eigenvalue weighted by Crippen LogP contribution is -2.38. The summed E-state index contributed by atoms with van der Waals surface area (Å²) in [6.45, 7) is 2.32. The Labute approximate surface area is 137 Å². The second-order valence-corrected chi connectivity index (χ2v) is 6.57. The zero-order valence-electron chi connectivity index (χ0n) is 14.0. The van der Waals surface area contributed by atoms with Gasteiger partial charge in [-0.05, 0) is 49.4 Å². The highest BCUT2D eigenvalue weighted by molar-refractivity contribution is 5.39. The van der Waals surface area contributed by atoms with E-state index in [2.05, 4.69) is 22.5 Å². The third-order valence-electron chi connectivity index (χ3n) is 4.68. The van der Waals surface area contributed by atoms with Crippen LogP contribution in [0.25, 0.3) is 0 Å². The summed E-state index contributed by atoms with van der Waals surface area (Å²) in [5.74, 6) is 0.909. The normalized spacial score (nSPS) is 19.9. The topological polar surface area (TPSA) is 59.3 Å². The highest BCUT2D eigenvalue weighted by Gasteiger charge is 2.27. The maximum atomic E-state index is 10.7. The molecule has 0 saturated carbocycles. The van der Waals surface area contributed by atoms with E-state index in [4.69, 9.17) is 4.74 Å². The number of hydrogen-bond donors (Lipinski definition) is 2. The van der Waals surface area contributed by atoms with Crippen molar-refractivity contribution in [3.8, 4) is 5.75 Å². The first-order valence-corrected chi connectivity index (χ1v) is 8.11. The SMILES string of the molecule is COc1ccc2c(c1)CCCC2NCC(C)(O)c1cnn(C)c1. The van der Waals surface area contributed by atoms with E-state index in [1.165, 1.54) is 11.1 Å². The van der Waals surface area contributed by atoms with E-state index in [0.29, 0.717) is 6.54 Å². The molecule has 2 N–H and O–H groups in total. The number of fused-ring (bicyclic) bond motifs is 1. The number of hydrogen-bond acceptors (Lipinski definition) is 4. The van der Waals surface area contributed by atoms with Crippen LogP contribution in [-0.2, 0) is 19.1 Å². The van der Waals surface area contributed by atoms with Gasteiger partial charge in [-0.15, -0.1) is 0 Å². The van der Waals surface area contributed by atoms with Gasteiger partial charge in [-0.3, -0.25) is 4.68 Å². The van der Waals surface area contributed by atoms with E-state index < -0.39 is 5.60 Å². The summed E-state index contributed by atoms with van der Waals surface area (Å²) in [5, 5.41) is 18.4. The Balaban J connectivity index is 1.72. The number of nitrogens with one attached hydrogen (secondary N) is 1. The molecule has 1 aromatic carbocycles. The minimum absolute atomic E-state index is 0.271. The third kappa shape index (κ3) is 3.41. The predicted molar refractivity (Wildman–Crippen MR) is 89.5 cm³/mol. The molecule has 0 saturated heterocycles. The summed E-state index contributed by atoms with van der Waals surface area (Å²) >= 11 is 0. The number of ether oxygens (including phenoxy) is 1. The van der Waals surface area contributed by atoms with Gasteiger partial charge in [0.25, 0.3) is 0 Å². The minimum atomic E-state index is -0.932. The molecule has 0 fully saturated rings. The van der Waals surface area contributed by atoms with Crippen LogP contribution in [0.15, 0.2) is 30.6 Å². The van der Waals surface area contributed by atoms with Crippen LogP contribution in [0.3, 0.4) is 0 Å². The number of aliphatic hydroxyl groups is 1. The van der Waals surface area contributed by atoms with Crippen LogP contribution < -0.4 is 10.1 Å². The first-order chi connectivity index (χ1) is 11.0. The Hall–Kier alpha value is -1.85. The number of nitrogens with zero attached hydrogens (tertiary/aromatic N) is 2. The van der Waals surface area contributed by atoms with Crippen LogP contribution in [0, 0.1) is 0 Å². The summed E-state index contributed by atoms with van der Waals surface area (Å²) in [7, 11) is 3.56. The molecule has 1 heterocycles. The molecule has 3 rings (SSSR count). The summed E-state index contributed by atoms with van der Waals surface area (Å²) in [6.07, 6.45) is 6.90. The van der Waals surface area contributed by atoms with Gasteiger partial charge >= 0.3 is 0 Å². The van der Waals surface area contributed by atoms with Crippen LogP contribution in [0.4, 0.5) is 0 Å². The van der Waals surface area contributed by atoms with Crippen molar-refractivity contribution in [2.24, 2.45) is 7.05 Å². The smallest absolute Gasteiger partial charge is 0.119 e. The van der Waals surface area contributed by atoms with E-state index in [1.54, 1.807) is 18.0 Å². The fourth-order valence-electron chi connectivity index (χ4n) is 3.25. The first kappa shape index (κ1) is 16.0. The zero-order chi connectivity index (χ0) is 16.4. The number of aryl methyl sites for hydroxylation is 2. The summed E-state index contributed by atoms with van der Waals surface area (Å²) in [4.78, 5) is 0. The number of methoxy groups -OCH3 is 1. The fourth-order valence-corrected chi connectivity index (χ4v) is 3.25. The molecule has 1 aliphatic carbocycles. The van der Waals surface area contributed by atoms with E-state index in [1.807, 2.05) is 26.2 Å². The molecule has 0 spiro atoms. The Morgan fingerprint density at radius 2 is 2.30 bits per heavy atom. The molecule has 2 unspecified atom stereocenters. The number of aromatic nitrogens is 2. The molecular formula is C18H25N3O2. The average Bonchev–Trinajstić information content (AvgIpc) is 2.99. The van der Waals surface area contributed by atoms with Crippen LogP contribution in [-0.4, -0.2) is 28.5 Å². The Morgan fingerprint density at radius 1 is 1.48 bits per heavy atom. The third-order valence-corrected chi connectivity index (χ3v) is 4.68. The van der Waals surface area contributed by atoms with Gasteiger partial charge in [0.1, 0.15) is 11.4 Å². The van der Waals surface area contributed by atoms with Crippen molar-refractivity contribution >= 4 is 0 Å². The molecule has 5 heteroatoms. The lowest BCUT2D eigenvalue weighted by molar-refractivity contribution is 0.0530. The molecule has 2 aromatic rings. The molecule has 0 aliphatic heterocycles. The highest BCUT2D eigenvalue weighted by atomic mass is 16.5.